The number of nitrogens with zero attached hydrogens (tertiary/aromatic N) is 1. The molecule has 1 aromatic rings. The molecule has 1 amide bonds. The number of aliphatic hydroxyl groups is 1. The lowest BCUT2D eigenvalue weighted by Crippen LogP contribution is -2.43. The summed E-state index contributed by atoms with van der Waals surface area (Å²) in [5.41, 5.74) is 2.14. The minimum atomic E-state index is 0.0360. The number of benzene rings is 1. The molecule has 4 heteroatoms. The van der Waals surface area contributed by atoms with Crippen molar-refractivity contribution in [3.63, 3.8) is 0 Å². The Bertz CT molecular complexity index is 473. The summed E-state index contributed by atoms with van der Waals surface area (Å²) in [6, 6.07) is 8.28. The van der Waals surface area contributed by atoms with Crippen LogP contribution in [-0.2, 0) is 4.79 Å². The molecule has 20 heavy (non-hydrogen) atoms. The molecule has 0 bridgehead atoms. The molecule has 0 spiro atoms. The summed E-state index contributed by atoms with van der Waals surface area (Å²) in [6.07, 6.45) is 1.18. The van der Waals surface area contributed by atoms with Crippen molar-refractivity contribution >= 4 is 11.6 Å². The maximum atomic E-state index is 12.1. The van der Waals surface area contributed by atoms with Gasteiger partial charge in [-0.25, -0.2) is 0 Å². The van der Waals surface area contributed by atoms with Crippen molar-refractivity contribution in [1.82, 2.24) is 5.32 Å². The molecule has 2 atom stereocenters. The molecule has 0 aromatic heterocycles. The lowest BCUT2D eigenvalue weighted by atomic mass is 9.93. The topological polar surface area (TPSA) is 52.6 Å². The fourth-order valence-electron chi connectivity index (χ4n) is 2.80. The molecule has 1 heterocycles. The Morgan fingerprint density at radius 2 is 2.10 bits per heavy atom. The Kier molecular flexibility index (Phi) is 4.78. The second-order valence-electron chi connectivity index (χ2n) is 5.80. The van der Waals surface area contributed by atoms with Crippen LogP contribution in [0.3, 0.4) is 0 Å². The minimum absolute atomic E-state index is 0.0360. The molecule has 0 aliphatic carbocycles. The molecule has 0 saturated heterocycles. The summed E-state index contributed by atoms with van der Waals surface area (Å²) < 4.78 is 0. The van der Waals surface area contributed by atoms with Gasteiger partial charge in [-0.3, -0.25) is 4.79 Å². The number of aliphatic hydroxyl groups excluding tert-OH is 1. The lowest BCUT2D eigenvalue weighted by Gasteiger charge is -2.35. The SMILES string of the molecule is CC(C)C(CCO)NC1CC(=O)N(C)c2ccccc21. The van der Waals surface area contributed by atoms with E-state index in [1.165, 1.54) is 0 Å². The van der Waals surface area contributed by atoms with Crippen LogP contribution in [-0.4, -0.2) is 30.7 Å². The molecule has 4 nitrogen and oxygen atoms in total. The second kappa shape index (κ2) is 6.37. The number of fused-ring (bicyclic) bond motifs is 1. The van der Waals surface area contributed by atoms with Crippen molar-refractivity contribution in [2.45, 2.75) is 38.8 Å². The minimum Gasteiger partial charge on any atom is -0.396 e. The predicted octanol–water partition coefficient (Wildman–Crippen LogP) is 2.09. The van der Waals surface area contributed by atoms with Crippen LogP contribution < -0.4 is 10.2 Å². The third kappa shape index (κ3) is 3.02. The van der Waals surface area contributed by atoms with Gasteiger partial charge in [-0.15, -0.1) is 0 Å². The Morgan fingerprint density at radius 1 is 1.40 bits per heavy atom. The van der Waals surface area contributed by atoms with Gasteiger partial charge in [0.1, 0.15) is 0 Å². The van der Waals surface area contributed by atoms with Crippen LogP contribution in [0.25, 0.3) is 0 Å². The number of carbonyl (C=O) groups is 1. The Labute approximate surface area is 120 Å². The fourth-order valence-corrected chi connectivity index (χ4v) is 2.80. The van der Waals surface area contributed by atoms with Gasteiger partial charge in [-0.1, -0.05) is 32.0 Å². The van der Waals surface area contributed by atoms with E-state index in [-0.39, 0.29) is 24.6 Å². The van der Waals surface area contributed by atoms with Gasteiger partial charge in [-0.2, -0.15) is 0 Å². The number of nitrogens with one attached hydrogen (secondary N) is 1. The number of rotatable bonds is 5. The third-order valence-electron chi connectivity index (χ3n) is 4.09. The zero-order valence-corrected chi connectivity index (χ0v) is 12.5. The van der Waals surface area contributed by atoms with E-state index in [1.54, 1.807) is 4.90 Å². The van der Waals surface area contributed by atoms with E-state index in [0.29, 0.717) is 18.8 Å². The number of hydrogen-bond acceptors (Lipinski definition) is 3. The van der Waals surface area contributed by atoms with Crippen LogP contribution in [0.15, 0.2) is 24.3 Å². The predicted molar refractivity (Wildman–Crippen MR) is 80.7 cm³/mol. The first-order valence-corrected chi connectivity index (χ1v) is 7.27. The monoisotopic (exact) mass is 276 g/mol. The van der Waals surface area contributed by atoms with Gasteiger partial charge < -0.3 is 15.3 Å². The molecular weight excluding hydrogens is 252 g/mol. The van der Waals surface area contributed by atoms with Crippen LogP contribution in [0.5, 0.6) is 0 Å². The van der Waals surface area contributed by atoms with Crippen molar-refractivity contribution in [3.8, 4) is 0 Å². The zero-order chi connectivity index (χ0) is 14.7. The molecular formula is C16H24N2O2. The van der Waals surface area contributed by atoms with Crippen LogP contribution in [0.1, 0.15) is 38.3 Å². The molecule has 2 unspecified atom stereocenters. The molecule has 2 rings (SSSR count). The lowest BCUT2D eigenvalue weighted by molar-refractivity contribution is -0.119. The molecule has 110 valence electrons. The summed E-state index contributed by atoms with van der Waals surface area (Å²) in [7, 11) is 1.82. The van der Waals surface area contributed by atoms with Crippen LogP contribution in [0.2, 0.25) is 0 Å². The second-order valence-corrected chi connectivity index (χ2v) is 5.80. The van der Waals surface area contributed by atoms with Gasteiger partial charge in [0.2, 0.25) is 5.91 Å². The van der Waals surface area contributed by atoms with Crippen LogP contribution in [0, 0.1) is 5.92 Å². The van der Waals surface area contributed by atoms with E-state index in [4.69, 9.17) is 0 Å². The molecule has 2 N–H and O–H groups in total. The van der Waals surface area contributed by atoms with Gasteiger partial charge in [-0.05, 0) is 24.0 Å². The molecule has 0 radical (unpaired) electrons. The van der Waals surface area contributed by atoms with E-state index in [9.17, 15) is 9.90 Å². The Hall–Kier alpha value is -1.39. The summed E-state index contributed by atoms with van der Waals surface area (Å²) in [4.78, 5) is 13.8. The standard InChI is InChI=1S/C16H24N2O2/c1-11(2)13(8-9-19)17-14-10-16(20)18(3)15-7-5-4-6-12(14)15/h4-7,11,13-14,17,19H,8-10H2,1-3H3. The molecule has 1 aliphatic heterocycles. The maximum absolute atomic E-state index is 12.1. The van der Waals surface area contributed by atoms with E-state index in [1.807, 2.05) is 25.2 Å². The van der Waals surface area contributed by atoms with Gasteiger partial charge in [0.25, 0.3) is 0 Å². The quantitative estimate of drug-likeness (QED) is 0.866. The smallest absolute Gasteiger partial charge is 0.228 e. The highest BCUT2D eigenvalue weighted by molar-refractivity contribution is 5.96. The fraction of sp³-hybridized carbons (Fsp3) is 0.562. The molecule has 1 aliphatic rings. The molecule has 1 aromatic carbocycles. The van der Waals surface area contributed by atoms with Gasteiger partial charge in [0, 0.05) is 37.8 Å². The number of para-hydroxylation sites is 1. The van der Waals surface area contributed by atoms with Gasteiger partial charge in [0.05, 0.1) is 0 Å². The van der Waals surface area contributed by atoms with Crippen LogP contribution >= 0.6 is 0 Å². The highest BCUT2D eigenvalue weighted by Crippen LogP contribution is 2.34. The molecule has 0 fully saturated rings. The van der Waals surface area contributed by atoms with Crippen molar-refractivity contribution in [2.75, 3.05) is 18.6 Å². The van der Waals surface area contributed by atoms with E-state index >= 15 is 0 Å². The average Bonchev–Trinajstić information content (AvgIpc) is 2.43. The van der Waals surface area contributed by atoms with Crippen LogP contribution in [0.4, 0.5) is 5.69 Å². The molecule has 0 saturated carbocycles. The number of hydrogen-bond donors (Lipinski definition) is 2. The number of carbonyl (C=O) groups excluding carboxylic acids is 1. The van der Waals surface area contributed by atoms with E-state index in [2.05, 4.69) is 25.2 Å². The first-order valence-electron chi connectivity index (χ1n) is 7.27. The van der Waals surface area contributed by atoms with Gasteiger partial charge in [0.15, 0.2) is 0 Å². The van der Waals surface area contributed by atoms with Gasteiger partial charge >= 0.3 is 0 Å². The largest absolute Gasteiger partial charge is 0.396 e. The number of anilines is 1. The first-order chi connectivity index (χ1) is 9.54. The highest BCUT2D eigenvalue weighted by Gasteiger charge is 2.30. The van der Waals surface area contributed by atoms with E-state index < -0.39 is 0 Å². The van der Waals surface area contributed by atoms with Crippen molar-refractivity contribution in [1.29, 1.82) is 0 Å². The maximum Gasteiger partial charge on any atom is 0.228 e. The third-order valence-corrected chi connectivity index (χ3v) is 4.09. The summed E-state index contributed by atoms with van der Waals surface area (Å²) in [5, 5.41) is 12.7. The summed E-state index contributed by atoms with van der Waals surface area (Å²) in [5.74, 6) is 0.553. The van der Waals surface area contributed by atoms with Crippen molar-refractivity contribution < 1.29 is 9.90 Å². The Morgan fingerprint density at radius 3 is 2.75 bits per heavy atom. The normalized spacial score (nSPS) is 20.1. The number of amides is 1. The first kappa shape index (κ1) is 15.0. The zero-order valence-electron chi connectivity index (χ0n) is 12.5. The Balaban J connectivity index is 2.24. The summed E-state index contributed by atoms with van der Waals surface area (Å²) >= 11 is 0. The summed E-state index contributed by atoms with van der Waals surface area (Å²) in [6.45, 7) is 4.43. The van der Waals surface area contributed by atoms with Crippen molar-refractivity contribution in [2.24, 2.45) is 5.92 Å². The average molecular weight is 276 g/mol. The highest BCUT2D eigenvalue weighted by atomic mass is 16.3. The van der Waals surface area contributed by atoms with Crippen molar-refractivity contribution in [3.05, 3.63) is 29.8 Å². The van der Waals surface area contributed by atoms with E-state index in [0.717, 1.165) is 11.3 Å².